The number of hydrogen-bond donors (Lipinski definition) is 2. The Kier molecular flexibility index (Phi) is 3.76. The van der Waals surface area contributed by atoms with Crippen molar-refractivity contribution in [2.45, 2.75) is 18.9 Å². The molecule has 2 N–H and O–H groups in total. The van der Waals surface area contributed by atoms with E-state index >= 15 is 0 Å². The van der Waals surface area contributed by atoms with Gasteiger partial charge in [-0.2, -0.15) is 0 Å². The third kappa shape index (κ3) is 3.73. The van der Waals surface area contributed by atoms with E-state index in [-0.39, 0.29) is 5.75 Å². The van der Waals surface area contributed by atoms with Crippen LogP contribution in [0.15, 0.2) is 53.8 Å². The van der Waals surface area contributed by atoms with E-state index in [9.17, 15) is 10.2 Å². The quantitative estimate of drug-likeness (QED) is 0.876. The van der Waals surface area contributed by atoms with Gasteiger partial charge in [0.15, 0.2) is 0 Å². The molecule has 1 aliphatic rings. The fourth-order valence-corrected chi connectivity index (χ4v) is 2.06. The van der Waals surface area contributed by atoms with E-state index in [1.54, 1.807) is 32.2 Å². The lowest BCUT2D eigenvalue weighted by Gasteiger charge is -2.24. The second-order valence-electron chi connectivity index (χ2n) is 4.93. The summed E-state index contributed by atoms with van der Waals surface area (Å²) in [5.41, 5.74) is 1.11. The number of hydrogen-bond acceptors (Lipinski definition) is 3. The van der Waals surface area contributed by atoms with Gasteiger partial charge in [0.2, 0.25) is 0 Å². The zero-order valence-electron chi connectivity index (χ0n) is 11.1. The Morgan fingerprint density at radius 3 is 2.53 bits per heavy atom. The van der Waals surface area contributed by atoms with Crippen molar-refractivity contribution < 1.29 is 14.9 Å². The summed E-state index contributed by atoms with van der Waals surface area (Å²) in [6.07, 6.45) is 8.07. The van der Waals surface area contributed by atoms with Crippen LogP contribution in [0.2, 0.25) is 0 Å². The predicted octanol–water partition coefficient (Wildman–Crippen LogP) is 3.02. The van der Waals surface area contributed by atoms with Crippen LogP contribution in [0.3, 0.4) is 0 Å². The lowest BCUT2D eigenvalue weighted by atomic mass is 9.90. The molecule has 3 heteroatoms. The number of phenolic OH excluding ortho intramolecular Hbond substituents is 1. The average Bonchev–Trinajstić information content (AvgIpc) is 2.36. The lowest BCUT2D eigenvalue weighted by molar-refractivity contribution is 0.105. The molecule has 0 radical (unpaired) electrons. The zero-order chi connectivity index (χ0) is 13.9. The summed E-state index contributed by atoms with van der Waals surface area (Å²) in [5.74, 6) is 0.920. The molecule has 1 unspecified atom stereocenters. The van der Waals surface area contributed by atoms with Crippen molar-refractivity contribution in [1.29, 1.82) is 0 Å². The summed E-state index contributed by atoms with van der Waals surface area (Å²) in [6, 6.07) is 6.96. The minimum Gasteiger partial charge on any atom is -0.508 e. The first-order valence-corrected chi connectivity index (χ1v) is 6.15. The van der Waals surface area contributed by atoms with Crippen molar-refractivity contribution in [3.05, 3.63) is 59.4 Å². The van der Waals surface area contributed by atoms with E-state index in [0.717, 1.165) is 11.1 Å². The zero-order valence-corrected chi connectivity index (χ0v) is 11.1. The highest BCUT2D eigenvalue weighted by atomic mass is 16.5. The van der Waals surface area contributed by atoms with Crippen molar-refractivity contribution in [2.75, 3.05) is 7.11 Å². The topological polar surface area (TPSA) is 49.7 Å². The van der Waals surface area contributed by atoms with E-state index in [0.29, 0.717) is 12.2 Å². The van der Waals surface area contributed by atoms with Gasteiger partial charge in [0, 0.05) is 6.42 Å². The van der Waals surface area contributed by atoms with Crippen molar-refractivity contribution in [3.63, 3.8) is 0 Å². The molecule has 0 fully saturated rings. The van der Waals surface area contributed by atoms with E-state index < -0.39 is 5.60 Å². The Morgan fingerprint density at radius 1 is 1.21 bits per heavy atom. The van der Waals surface area contributed by atoms with Crippen molar-refractivity contribution in [1.82, 2.24) is 0 Å². The molecule has 100 valence electrons. The van der Waals surface area contributed by atoms with Crippen molar-refractivity contribution >= 4 is 6.08 Å². The van der Waals surface area contributed by atoms with Gasteiger partial charge in [-0.25, -0.2) is 0 Å². The molecule has 1 atom stereocenters. The highest BCUT2D eigenvalue weighted by Crippen LogP contribution is 2.27. The Bertz CT molecular complexity index is 534. The van der Waals surface area contributed by atoms with Crippen LogP contribution in [0.4, 0.5) is 0 Å². The summed E-state index contributed by atoms with van der Waals surface area (Å²) in [5, 5.41) is 19.3. The van der Waals surface area contributed by atoms with Crippen molar-refractivity contribution in [2.24, 2.45) is 0 Å². The van der Waals surface area contributed by atoms with Gasteiger partial charge in [-0.05, 0) is 42.3 Å². The molecule has 0 bridgehead atoms. The fourth-order valence-electron chi connectivity index (χ4n) is 2.06. The number of rotatable bonds is 3. The van der Waals surface area contributed by atoms with Crippen LogP contribution >= 0.6 is 0 Å². The Balaban J connectivity index is 2.17. The van der Waals surface area contributed by atoms with Crippen LogP contribution in [0.25, 0.3) is 6.08 Å². The predicted molar refractivity (Wildman–Crippen MR) is 75.6 cm³/mol. The third-order valence-corrected chi connectivity index (χ3v) is 2.96. The number of phenols is 1. The van der Waals surface area contributed by atoms with E-state index in [1.807, 2.05) is 30.4 Å². The van der Waals surface area contributed by atoms with Crippen LogP contribution in [0.5, 0.6) is 5.75 Å². The molecule has 3 nitrogen and oxygen atoms in total. The molecule has 19 heavy (non-hydrogen) atoms. The third-order valence-electron chi connectivity index (χ3n) is 2.96. The highest BCUT2D eigenvalue weighted by molar-refractivity contribution is 5.55. The number of aliphatic hydroxyl groups is 1. The van der Waals surface area contributed by atoms with Gasteiger partial charge in [-0.1, -0.05) is 24.3 Å². The largest absolute Gasteiger partial charge is 0.508 e. The summed E-state index contributed by atoms with van der Waals surface area (Å²) in [6.45, 7) is 1.76. The standard InChI is InChI=1S/C16H18O3/c1-16(18)10-13(9-15(11-16)19-2)4-3-12-5-7-14(17)8-6-12/h3-9,11,17-18H,10H2,1-2H3/b4-3+. The molecule has 1 aromatic rings. The molecule has 0 saturated carbocycles. The van der Waals surface area contributed by atoms with Gasteiger partial charge in [0.05, 0.1) is 12.7 Å². The molecule has 0 saturated heterocycles. The first-order valence-electron chi connectivity index (χ1n) is 6.15. The molecule has 2 rings (SSSR count). The smallest absolute Gasteiger partial charge is 0.118 e. The number of allylic oxidation sites excluding steroid dienone is 2. The van der Waals surface area contributed by atoms with E-state index in [2.05, 4.69) is 0 Å². The molecule has 0 amide bonds. The van der Waals surface area contributed by atoms with Gasteiger partial charge in [-0.3, -0.25) is 0 Å². The van der Waals surface area contributed by atoms with Gasteiger partial charge in [0.1, 0.15) is 11.5 Å². The minimum absolute atomic E-state index is 0.251. The molecule has 0 aliphatic heterocycles. The molecule has 1 aromatic carbocycles. The second-order valence-corrected chi connectivity index (χ2v) is 4.93. The molecular weight excluding hydrogens is 240 g/mol. The molecule has 1 aliphatic carbocycles. The maximum atomic E-state index is 10.1. The van der Waals surface area contributed by atoms with Crippen molar-refractivity contribution in [3.8, 4) is 5.75 Å². The minimum atomic E-state index is -0.880. The Morgan fingerprint density at radius 2 is 1.89 bits per heavy atom. The van der Waals surface area contributed by atoms with E-state index in [1.165, 1.54) is 0 Å². The number of ether oxygens (including phenoxy) is 1. The van der Waals surface area contributed by atoms with Crippen LogP contribution in [0.1, 0.15) is 18.9 Å². The highest BCUT2D eigenvalue weighted by Gasteiger charge is 2.23. The van der Waals surface area contributed by atoms with Crippen LogP contribution in [-0.4, -0.2) is 22.9 Å². The van der Waals surface area contributed by atoms with Gasteiger partial charge in [0.25, 0.3) is 0 Å². The lowest BCUT2D eigenvalue weighted by Crippen LogP contribution is -2.24. The number of aromatic hydroxyl groups is 1. The molecule has 0 spiro atoms. The van der Waals surface area contributed by atoms with Crippen LogP contribution < -0.4 is 0 Å². The molecule has 0 heterocycles. The summed E-state index contributed by atoms with van der Waals surface area (Å²) >= 11 is 0. The first kappa shape index (κ1) is 13.4. The normalized spacial score (nSPS) is 23.1. The summed E-state index contributed by atoms with van der Waals surface area (Å²) in [4.78, 5) is 0. The first-order chi connectivity index (χ1) is 8.98. The van der Waals surface area contributed by atoms with Gasteiger partial charge >= 0.3 is 0 Å². The number of benzene rings is 1. The average molecular weight is 258 g/mol. The summed E-state index contributed by atoms with van der Waals surface area (Å²) in [7, 11) is 1.59. The SMILES string of the molecule is COC1=CC(C)(O)CC(/C=C/c2ccc(O)cc2)=C1. The number of methoxy groups -OCH3 is 1. The van der Waals surface area contributed by atoms with Crippen LogP contribution in [-0.2, 0) is 4.74 Å². The van der Waals surface area contributed by atoms with Crippen LogP contribution in [0, 0.1) is 0 Å². The molecular formula is C16H18O3. The second kappa shape index (κ2) is 5.33. The van der Waals surface area contributed by atoms with Gasteiger partial charge in [-0.15, -0.1) is 0 Å². The van der Waals surface area contributed by atoms with Gasteiger partial charge < -0.3 is 14.9 Å². The fraction of sp³-hybridized carbons (Fsp3) is 0.250. The summed E-state index contributed by atoms with van der Waals surface area (Å²) < 4.78 is 5.18. The molecule has 0 aromatic heterocycles. The van der Waals surface area contributed by atoms with E-state index in [4.69, 9.17) is 4.74 Å². The Labute approximate surface area is 113 Å². The maximum Gasteiger partial charge on any atom is 0.118 e. The monoisotopic (exact) mass is 258 g/mol. The maximum absolute atomic E-state index is 10.1. The Hall–Kier alpha value is -2.00.